The molecule has 0 aromatic heterocycles. The summed E-state index contributed by atoms with van der Waals surface area (Å²) in [4.78, 5) is 24.4. The maximum Gasteiger partial charge on any atom is 0.408 e. The molecule has 0 fully saturated rings. The molecule has 0 heterocycles. The third kappa shape index (κ3) is 9.21. The molecule has 2 atom stereocenters. The van der Waals surface area contributed by atoms with E-state index in [2.05, 4.69) is 10.6 Å². The summed E-state index contributed by atoms with van der Waals surface area (Å²) in [6.45, 7) is 5.91. The molecule has 2 N–H and O–H groups in total. The van der Waals surface area contributed by atoms with Crippen LogP contribution in [-0.2, 0) is 20.8 Å². The normalized spacial score (nSPS) is 16.8. The largest absolute Gasteiger partial charge is 0.493 e. The van der Waals surface area contributed by atoms with Gasteiger partial charge in [0.1, 0.15) is 23.2 Å². The number of rotatable bonds is 9. The van der Waals surface area contributed by atoms with Crippen LogP contribution in [-0.4, -0.2) is 44.0 Å². The lowest BCUT2D eigenvalue weighted by Gasteiger charge is -2.23. The van der Waals surface area contributed by atoms with Gasteiger partial charge in [-0.1, -0.05) is 18.2 Å². The maximum absolute atomic E-state index is 13.3. The number of benzene rings is 1. The first kappa shape index (κ1) is 24.4. The predicted octanol–water partition coefficient (Wildman–Crippen LogP) is 3.65. The van der Waals surface area contributed by atoms with Crippen LogP contribution in [0, 0.1) is 5.92 Å². The first-order valence-corrected chi connectivity index (χ1v) is 10.2. The predicted molar refractivity (Wildman–Crippen MR) is 115 cm³/mol. The Morgan fingerprint density at radius 1 is 1.23 bits per heavy atom. The standard InChI is InChI=1S/C23H31FN2O5/c1-23(2,3)31-22(28)26-20(15-29-4)21(27)25-13-16-8-10-19(11-9-16)30-14-17-6-5-7-18(24)12-17/h5,7-12,17,20H,6,13-15H2,1-4H3,(H,25,27)(H,26,28). The van der Waals surface area contributed by atoms with Gasteiger partial charge >= 0.3 is 6.09 Å². The van der Waals surface area contributed by atoms with E-state index in [0.29, 0.717) is 12.4 Å². The topological polar surface area (TPSA) is 85.9 Å². The Kier molecular flexibility index (Phi) is 9.05. The highest BCUT2D eigenvalue weighted by atomic mass is 19.1. The summed E-state index contributed by atoms with van der Waals surface area (Å²) in [6.07, 6.45) is 4.88. The fourth-order valence-corrected chi connectivity index (χ4v) is 2.84. The van der Waals surface area contributed by atoms with E-state index in [-0.39, 0.29) is 30.8 Å². The molecule has 1 aromatic rings. The summed E-state index contributed by atoms with van der Waals surface area (Å²) in [6, 6.07) is 6.39. The average molecular weight is 435 g/mol. The van der Waals surface area contributed by atoms with Crippen LogP contribution >= 0.6 is 0 Å². The van der Waals surface area contributed by atoms with Gasteiger partial charge in [0.05, 0.1) is 13.2 Å². The minimum absolute atomic E-state index is 0.0131. The third-order valence-corrected chi connectivity index (χ3v) is 4.31. The van der Waals surface area contributed by atoms with Crippen molar-refractivity contribution in [2.24, 2.45) is 5.92 Å². The lowest BCUT2D eigenvalue weighted by atomic mass is 10.0. The Balaban J connectivity index is 1.81. The van der Waals surface area contributed by atoms with Gasteiger partial charge in [0.15, 0.2) is 0 Å². The van der Waals surface area contributed by atoms with Gasteiger partial charge in [-0.25, -0.2) is 9.18 Å². The van der Waals surface area contributed by atoms with Gasteiger partial charge in [-0.05, 0) is 57.0 Å². The molecule has 2 unspecified atom stereocenters. The highest BCUT2D eigenvalue weighted by Crippen LogP contribution is 2.20. The smallest absolute Gasteiger partial charge is 0.408 e. The summed E-state index contributed by atoms with van der Waals surface area (Å²) in [5.74, 6) is 0.0625. The molecule has 0 bridgehead atoms. The van der Waals surface area contributed by atoms with Crippen molar-refractivity contribution in [3.63, 3.8) is 0 Å². The Hall–Kier alpha value is -2.87. The number of hydrogen-bond donors (Lipinski definition) is 2. The Morgan fingerprint density at radius 3 is 2.55 bits per heavy atom. The van der Waals surface area contributed by atoms with Gasteiger partial charge in [-0.2, -0.15) is 0 Å². The number of amides is 2. The van der Waals surface area contributed by atoms with Crippen molar-refractivity contribution in [1.29, 1.82) is 0 Å². The molecule has 1 aromatic carbocycles. The van der Waals surface area contributed by atoms with E-state index < -0.39 is 17.7 Å². The van der Waals surface area contributed by atoms with Gasteiger partial charge in [0, 0.05) is 19.6 Å². The average Bonchev–Trinajstić information content (AvgIpc) is 2.69. The minimum atomic E-state index is -0.875. The SMILES string of the molecule is COCC(NC(=O)OC(C)(C)C)C(=O)NCc1ccc(OCC2C=C(F)C=CC2)cc1. The van der Waals surface area contributed by atoms with E-state index in [1.807, 2.05) is 12.1 Å². The molecule has 0 aliphatic heterocycles. The lowest BCUT2D eigenvalue weighted by Crippen LogP contribution is -2.50. The molecule has 7 nitrogen and oxygen atoms in total. The zero-order valence-electron chi connectivity index (χ0n) is 18.4. The van der Waals surface area contributed by atoms with Crippen LogP contribution in [0.25, 0.3) is 0 Å². The zero-order valence-corrected chi connectivity index (χ0v) is 18.4. The second kappa shape index (κ2) is 11.5. The second-order valence-corrected chi connectivity index (χ2v) is 8.28. The van der Waals surface area contributed by atoms with Crippen LogP contribution in [0.4, 0.5) is 9.18 Å². The summed E-state index contributed by atoms with van der Waals surface area (Å²) in [7, 11) is 1.45. The highest BCUT2D eigenvalue weighted by Gasteiger charge is 2.24. The maximum atomic E-state index is 13.3. The minimum Gasteiger partial charge on any atom is -0.493 e. The van der Waals surface area contributed by atoms with Crippen LogP contribution in [0.15, 0.2) is 48.3 Å². The Bertz CT molecular complexity index is 799. The molecule has 8 heteroatoms. The lowest BCUT2D eigenvalue weighted by molar-refractivity contribution is -0.124. The number of methoxy groups -OCH3 is 1. The number of alkyl carbamates (subject to hydrolysis) is 1. The number of halogens is 1. The summed E-state index contributed by atoms with van der Waals surface area (Å²) < 4.78 is 29.2. The van der Waals surface area contributed by atoms with Crippen molar-refractivity contribution in [1.82, 2.24) is 10.6 Å². The van der Waals surface area contributed by atoms with Crippen LogP contribution in [0.2, 0.25) is 0 Å². The van der Waals surface area contributed by atoms with Crippen molar-refractivity contribution < 1.29 is 28.2 Å². The van der Waals surface area contributed by atoms with E-state index in [1.165, 1.54) is 13.2 Å². The van der Waals surface area contributed by atoms with E-state index in [1.54, 1.807) is 45.1 Å². The summed E-state index contributed by atoms with van der Waals surface area (Å²) >= 11 is 0. The van der Waals surface area contributed by atoms with Crippen molar-refractivity contribution in [3.05, 3.63) is 53.9 Å². The molecule has 0 saturated carbocycles. The number of carbonyl (C=O) groups is 2. The molecule has 2 amide bonds. The molecule has 0 radical (unpaired) electrons. The van der Waals surface area contributed by atoms with Gasteiger partial charge in [0.25, 0.3) is 0 Å². The van der Waals surface area contributed by atoms with Crippen LogP contribution in [0.1, 0.15) is 32.8 Å². The fourth-order valence-electron chi connectivity index (χ4n) is 2.84. The van der Waals surface area contributed by atoms with Crippen molar-refractivity contribution >= 4 is 12.0 Å². The van der Waals surface area contributed by atoms with Gasteiger partial charge in [-0.3, -0.25) is 4.79 Å². The number of allylic oxidation sites excluding steroid dienone is 3. The van der Waals surface area contributed by atoms with Crippen molar-refractivity contribution in [3.8, 4) is 5.75 Å². The van der Waals surface area contributed by atoms with Gasteiger partial charge in [0.2, 0.25) is 5.91 Å². The third-order valence-electron chi connectivity index (χ3n) is 4.31. The Labute approximate surface area is 182 Å². The molecular weight excluding hydrogens is 403 g/mol. The molecule has 1 aliphatic carbocycles. The van der Waals surface area contributed by atoms with E-state index >= 15 is 0 Å². The molecule has 2 rings (SSSR count). The first-order chi connectivity index (χ1) is 14.7. The van der Waals surface area contributed by atoms with Crippen LogP contribution < -0.4 is 15.4 Å². The van der Waals surface area contributed by atoms with Crippen molar-refractivity contribution in [2.75, 3.05) is 20.3 Å². The molecular formula is C23H31FN2O5. The molecule has 0 spiro atoms. The quantitative estimate of drug-likeness (QED) is 0.620. The monoisotopic (exact) mass is 434 g/mol. The second-order valence-electron chi connectivity index (χ2n) is 8.28. The molecule has 170 valence electrons. The first-order valence-electron chi connectivity index (χ1n) is 10.2. The number of hydrogen-bond acceptors (Lipinski definition) is 5. The van der Waals surface area contributed by atoms with Crippen LogP contribution in [0.3, 0.4) is 0 Å². The molecule has 0 saturated heterocycles. The fraction of sp³-hybridized carbons (Fsp3) is 0.478. The van der Waals surface area contributed by atoms with E-state index in [0.717, 1.165) is 12.0 Å². The summed E-state index contributed by atoms with van der Waals surface area (Å²) in [5.41, 5.74) is 0.195. The number of nitrogens with one attached hydrogen (secondary N) is 2. The number of ether oxygens (including phenoxy) is 3. The molecule has 31 heavy (non-hydrogen) atoms. The van der Waals surface area contributed by atoms with Crippen molar-refractivity contribution in [2.45, 2.75) is 45.4 Å². The zero-order chi connectivity index (χ0) is 22.9. The highest BCUT2D eigenvalue weighted by molar-refractivity contribution is 5.85. The van der Waals surface area contributed by atoms with Gasteiger partial charge < -0.3 is 24.8 Å². The van der Waals surface area contributed by atoms with E-state index in [4.69, 9.17) is 14.2 Å². The molecule has 1 aliphatic rings. The number of carbonyl (C=O) groups excluding carboxylic acids is 2. The Morgan fingerprint density at radius 2 is 1.94 bits per heavy atom. The summed E-state index contributed by atoms with van der Waals surface area (Å²) in [5, 5.41) is 5.29. The van der Waals surface area contributed by atoms with Crippen LogP contribution in [0.5, 0.6) is 5.75 Å². The van der Waals surface area contributed by atoms with E-state index in [9.17, 15) is 14.0 Å². The van der Waals surface area contributed by atoms with Gasteiger partial charge in [-0.15, -0.1) is 0 Å².